The van der Waals surface area contributed by atoms with Crippen LogP contribution in [0.15, 0.2) is 0 Å². The van der Waals surface area contributed by atoms with Crippen LogP contribution in [0.1, 0.15) is 46.0 Å². The van der Waals surface area contributed by atoms with E-state index in [0.29, 0.717) is 11.5 Å². The van der Waals surface area contributed by atoms with E-state index in [1.165, 1.54) is 32.1 Å². The molecule has 1 saturated carbocycles. The molecule has 2 nitrogen and oxygen atoms in total. The van der Waals surface area contributed by atoms with Gasteiger partial charge in [-0.2, -0.15) is 0 Å². The predicted molar refractivity (Wildman–Crippen MR) is 45.9 cm³/mol. The third kappa shape index (κ3) is 5.81. The van der Waals surface area contributed by atoms with E-state index in [1.54, 1.807) is 0 Å². The van der Waals surface area contributed by atoms with Gasteiger partial charge in [-0.05, 0) is 24.3 Å². The van der Waals surface area contributed by atoms with Crippen molar-refractivity contribution >= 4 is 6.08 Å². The fourth-order valence-electron chi connectivity index (χ4n) is 1.51. The summed E-state index contributed by atoms with van der Waals surface area (Å²) in [5.41, 5.74) is 0.679. The van der Waals surface area contributed by atoms with Crippen molar-refractivity contribution in [3.8, 4) is 0 Å². The highest BCUT2D eigenvalue weighted by Crippen LogP contribution is 2.34. The summed E-state index contributed by atoms with van der Waals surface area (Å²) < 4.78 is 0. The summed E-state index contributed by atoms with van der Waals surface area (Å²) in [5.74, 6) is 0. The molecule has 2 heteroatoms. The molecule has 0 aromatic carbocycles. The third-order valence-corrected chi connectivity index (χ3v) is 2.21. The molecule has 1 aliphatic rings. The summed E-state index contributed by atoms with van der Waals surface area (Å²) in [5, 5.41) is 6.76. The van der Waals surface area contributed by atoms with Crippen LogP contribution >= 0.6 is 0 Å². The number of hydrogen-bond donors (Lipinski definition) is 0. The molecule has 64 valence electrons. The summed E-state index contributed by atoms with van der Waals surface area (Å²) in [6.07, 6.45) is 7.81. The molecule has 11 heavy (non-hydrogen) atoms. The van der Waals surface area contributed by atoms with E-state index in [2.05, 4.69) is 13.8 Å². The molecule has 0 unspecified atom stereocenters. The first kappa shape index (κ1) is 10.4. The van der Waals surface area contributed by atoms with Crippen LogP contribution in [0.25, 0.3) is 5.41 Å². The normalized spacial score (nSPS) is 20.9. The van der Waals surface area contributed by atoms with Gasteiger partial charge >= 0.3 is 0 Å². The maximum atomic E-state index is 8.24. The molecule has 0 amide bonds. The minimum atomic E-state index is 0.500. The van der Waals surface area contributed by atoms with Gasteiger partial charge in [0, 0.05) is 0 Å². The monoisotopic (exact) mass is 154 g/mol. The molecule has 0 heterocycles. The Labute approximate surface area is 68.5 Å². The van der Waals surface area contributed by atoms with E-state index < -0.39 is 0 Å². The zero-order valence-corrected chi connectivity index (χ0v) is 7.39. The van der Waals surface area contributed by atoms with Crippen LogP contribution < -0.4 is 0 Å². The van der Waals surface area contributed by atoms with Gasteiger partial charge < -0.3 is 5.41 Å². The molecule has 0 aliphatic heterocycles. The second-order valence-electron chi connectivity index (χ2n) is 3.82. The lowest BCUT2D eigenvalue weighted by atomic mass is 9.78. The molecule has 0 saturated heterocycles. The molecular weight excluding hydrogens is 138 g/mol. The molecule has 0 aromatic heterocycles. The Kier molecular flexibility index (Phi) is 4.80. The molecule has 1 fully saturated rings. The summed E-state index contributed by atoms with van der Waals surface area (Å²) in [6, 6.07) is 0. The molecule has 0 spiro atoms. The molecule has 1 rings (SSSR count). The van der Waals surface area contributed by atoms with Crippen LogP contribution in [0, 0.1) is 5.41 Å². The minimum absolute atomic E-state index is 0.500. The first-order valence-electron chi connectivity index (χ1n) is 4.13. The van der Waals surface area contributed by atoms with E-state index in [-0.39, 0.29) is 0 Å². The lowest BCUT2D eigenvalue weighted by Crippen LogP contribution is -2.14. The predicted octanol–water partition coefficient (Wildman–Crippen LogP) is 2.87. The summed E-state index contributed by atoms with van der Waals surface area (Å²) in [7, 11) is 0. The molecule has 0 bridgehead atoms. The third-order valence-electron chi connectivity index (χ3n) is 2.21. The number of nitrogens with zero attached hydrogens (tertiary/aromatic N) is 1. The van der Waals surface area contributed by atoms with E-state index in [4.69, 9.17) is 10.2 Å². The van der Waals surface area contributed by atoms with Gasteiger partial charge in [0.15, 0.2) is 0 Å². The van der Waals surface area contributed by atoms with Gasteiger partial charge in [0.2, 0.25) is 0 Å². The molecular formula is C9H16NO-. The molecule has 0 N–H and O–H groups in total. The van der Waals surface area contributed by atoms with Crippen molar-refractivity contribution in [1.82, 2.24) is 0 Å². The Balaban J connectivity index is 0.000000292. The Morgan fingerprint density at radius 2 is 1.55 bits per heavy atom. The highest BCUT2D eigenvalue weighted by atomic mass is 16.1. The standard InChI is InChI=1S/C8H16.CNO/c1-8(2)6-4-3-5-7-8;2-1-3/h3-7H2,1-2H3;/q;-1. The van der Waals surface area contributed by atoms with Crippen LogP contribution in [-0.2, 0) is 4.79 Å². The molecule has 0 radical (unpaired) electrons. The average molecular weight is 154 g/mol. The Bertz CT molecular complexity index is 126. The fraction of sp³-hybridized carbons (Fsp3) is 0.889. The zero-order chi connectivity index (χ0) is 8.74. The van der Waals surface area contributed by atoms with Crippen molar-refractivity contribution in [2.24, 2.45) is 5.41 Å². The van der Waals surface area contributed by atoms with Crippen LogP contribution in [0.5, 0.6) is 0 Å². The first-order chi connectivity index (χ1) is 5.12. The first-order valence-corrected chi connectivity index (χ1v) is 4.13. The van der Waals surface area contributed by atoms with Gasteiger partial charge in [-0.15, -0.1) is 0 Å². The van der Waals surface area contributed by atoms with E-state index in [0.717, 1.165) is 0 Å². The summed E-state index contributed by atoms with van der Waals surface area (Å²) in [4.78, 5) is 8.24. The molecule has 0 atom stereocenters. The lowest BCUT2D eigenvalue weighted by molar-refractivity contribution is 0.244. The van der Waals surface area contributed by atoms with Gasteiger partial charge in [0.1, 0.15) is 0 Å². The van der Waals surface area contributed by atoms with Crippen LogP contribution in [0.3, 0.4) is 0 Å². The Morgan fingerprint density at radius 3 is 1.73 bits per heavy atom. The zero-order valence-electron chi connectivity index (χ0n) is 7.39. The fourth-order valence-corrected chi connectivity index (χ4v) is 1.51. The van der Waals surface area contributed by atoms with E-state index in [9.17, 15) is 0 Å². The van der Waals surface area contributed by atoms with Gasteiger partial charge in [0.25, 0.3) is 0 Å². The SMILES string of the molecule is CC1(C)CCCCC1.[N-]=C=O. The number of rotatable bonds is 0. The van der Waals surface area contributed by atoms with Crippen molar-refractivity contribution in [2.45, 2.75) is 46.0 Å². The number of carbonyl (C=O) groups excluding carboxylic acids is 1. The number of hydrogen-bond acceptors (Lipinski definition) is 1. The second kappa shape index (κ2) is 5.09. The topological polar surface area (TPSA) is 39.4 Å². The Morgan fingerprint density at radius 1 is 1.18 bits per heavy atom. The quantitative estimate of drug-likeness (QED) is 0.390. The van der Waals surface area contributed by atoms with Crippen LogP contribution in [-0.4, -0.2) is 6.08 Å². The largest absolute Gasteiger partial charge is 0.724 e. The van der Waals surface area contributed by atoms with Crippen molar-refractivity contribution in [2.75, 3.05) is 0 Å². The highest BCUT2D eigenvalue weighted by Gasteiger charge is 2.19. The summed E-state index contributed by atoms with van der Waals surface area (Å²) in [6.45, 7) is 4.76. The maximum Gasteiger partial charge on any atom is -0.0159 e. The average Bonchev–Trinajstić information content (AvgIpc) is 1.88. The van der Waals surface area contributed by atoms with Crippen molar-refractivity contribution < 1.29 is 4.79 Å². The smallest absolute Gasteiger partial charge is 0.0159 e. The number of isocyanates is 1. The second-order valence-corrected chi connectivity index (χ2v) is 3.82. The minimum Gasteiger partial charge on any atom is -0.724 e. The lowest BCUT2D eigenvalue weighted by Gasteiger charge is -2.28. The van der Waals surface area contributed by atoms with Gasteiger partial charge in [0.05, 0.1) is 0 Å². The molecule has 0 aromatic rings. The van der Waals surface area contributed by atoms with Crippen molar-refractivity contribution in [3.63, 3.8) is 0 Å². The summed E-state index contributed by atoms with van der Waals surface area (Å²) >= 11 is 0. The Hall–Kier alpha value is -0.620. The molecule has 1 aliphatic carbocycles. The highest BCUT2D eigenvalue weighted by molar-refractivity contribution is 5.36. The van der Waals surface area contributed by atoms with E-state index >= 15 is 0 Å². The van der Waals surface area contributed by atoms with Gasteiger partial charge in [-0.3, -0.25) is 4.79 Å². The van der Waals surface area contributed by atoms with Crippen LogP contribution in [0.2, 0.25) is 0 Å². The van der Waals surface area contributed by atoms with E-state index in [1.807, 2.05) is 0 Å². The van der Waals surface area contributed by atoms with Gasteiger partial charge in [-0.25, -0.2) is 0 Å². The van der Waals surface area contributed by atoms with Crippen molar-refractivity contribution in [1.29, 1.82) is 0 Å². The van der Waals surface area contributed by atoms with Crippen LogP contribution in [0.4, 0.5) is 0 Å². The maximum absolute atomic E-state index is 8.24. The van der Waals surface area contributed by atoms with Gasteiger partial charge in [-0.1, -0.05) is 33.1 Å². The van der Waals surface area contributed by atoms with Crippen molar-refractivity contribution in [3.05, 3.63) is 5.41 Å².